The summed E-state index contributed by atoms with van der Waals surface area (Å²) in [7, 11) is 0. The molecule has 1 aromatic carbocycles. The maximum absolute atomic E-state index is 4.88. The first-order chi connectivity index (χ1) is 16.8. The van der Waals surface area contributed by atoms with Gasteiger partial charge in [0, 0.05) is 18.9 Å². The van der Waals surface area contributed by atoms with E-state index in [1.807, 2.05) is 48.8 Å². The van der Waals surface area contributed by atoms with E-state index >= 15 is 0 Å². The van der Waals surface area contributed by atoms with Crippen LogP contribution >= 0.6 is 0 Å². The average molecular weight is 451 g/mol. The smallest absolute Gasteiger partial charge is 0.0900 e. The van der Waals surface area contributed by atoms with Crippen molar-refractivity contribution < 1.29 is 0 Å². The molecule has 4 rings (SSSR count). The summed E-state index contributed by atoms with van der Waals surface area (Å²) >= 11 is 0. The van der Waals surface area contributed by atoms with Crippen molar-refractivity contribution in [2.75, 3.05) is 13.1 Å². The van der Waals surface area contributed by atoms with E-state index < -0.39 is 0 Å². The van der Waals surface area contributed by atoms with Crippen molar-refractivity contribution in [1.82, 2.24) is 19.9 Å². The van der Waals surface area contributed by atoms with Gasteiger partial charge in [-0.05, 0) is 79.0 Å². The van der Waals surface area contributed by atoms with Crippen molar-refractivity contribution in [3.63, 3.8) is 0 Å². The Morgan fingerprint density at radius 1 is 0.618 bits per heavy atom. The molecule has 0 saturated heterocycles. The number of rotatable bonds is 11. The summed E-state index contributed by atoms with van der Waals surface area (Å²) in [5.41, 5.74) is 7.09. The number of unbranched alkanes of at least 4 members (excludes halogenated alkanes) is 2. The number of nitrogens with zero attached hydrogens (tertiary/aromatic N) is 4. The summed E-state index contributed by atoms with van der Waals surface area (Å²) < 4.78 is 0. The number of aromatic nitrogens is 3. The Morgan fingerprint density at radius 3 is 1.65 bits per heavy atom. The van der Waals surface area contributed by atoms with Gasteiger partial charge < -0.3 is 0 Å². The van der Waals surface area contributed by atoms with Crippen LogP contribution in [0.3, 0.4) is 0 Å². The van der Waals surface area contributed by atoms with Gasteiger partial charge in [-0.2, -0.15) is 0 Å². The predicted octanol–water partition coefficient (Wildman–Crippen LogP) is 7.27. The highest BCUT2D eigenvalue weighted by Gasteiger charge is 2.11. The molecular weight excluding hydrogens is 416 g/mol. The second kappa shape index (κ2) is 12.2. The van der Waals surface area contributed by atoms with Crippen LogP contribution in [0.1, 0.15) is 45.1 Å². The molecule has 0 spiro atoms. The Bertz CT molecular complexity index is 1080. The van der Waals surface area contributed by atoms with Crippen molar-refractivity contribution in [3.05, 3.63) is 90.8 Å². The average Bonchev–Trinajstić information content (AvgIpc) is 2.91. The van der Waals surface area contributed by atoms with Gasteiger partial charge in [0.25, 0.3) is 0 Å². The zero-order valence-corrected chi connectivity index (χ0v) is 20.3. The van der Waals surface area contributed by atoms with Crippen LogP contribution < -0.4 is 0 Å². The van der Waals surface area contributed by atoms with Crippen LogP contribution in [0.25, 0.3) is 33.9 Å². The fourth-order valence-corrected chi connectivity index (χ4v) is 4.08. The number of benzene rings is 1. The Hall–Kier alpha value is -3.37. The fourth-order valence-electron chi connectivity index (χ4n) is 4.08. The summed E-state index contributed by atoms with van der Waals surface area (Å²) in [4.78, 5) is 16.5. The van der Waals surface area contributed by atoms with Crippen LogP contribution in [0.4, 0.5) is 0 Å². The topological polar surface area (TPSA) is 41.9 Å². The number of hydrogen-bond acceptors (Lipinski definition) is 4. The third kappa shape index (κ3) is 6.36. The zero-order valence-electron chi connectivity index (χ0n) is 20.3. The lowest BCUT2D eigenvalue weighted by Gasteiger charge is -2.22. The molecule has 3 aromatic heterocycles. The van der Waals surface area contributed by atoms with Crippen LogP contribution in [0.15, 0.2) is 85.2 Å². The maximum atomic E-state index is 4.88. The largest absolute Gasteiger partial charge is 0.299 e. The molecule has 0 atom stereocenters. The van der Waals surface area contributed by atoms with Crippen molar-refractivity contribution >= 4 is 0 Å². The highest BCUT2D eigenvalue weighted by Crippen LogP contribution is 2.29. The summed E-state index contributed by atoms with van der Waals surface area (Å²) in [6, 6.07) is 25.1. The lowest BCUT2D eigenvalue weighted by atomic mass is 10.0. The maximum Gasteiger partial charge on any atom is 0.0900 e. The lowest BCUT2D eigenvalue weighted by molar-refractivity contribution is 0.257. The van der Waals surface area contributed by atoms with Crippen LogP contribution in [0.2, 0.25) is 0 Å². The molecule has 0 saturated carbocycles. The van der Waals surface area contributed by atoms with Crippen LogP contribution in [0, 0.1) is 0 Å². The van der Waals surface area contributed by atoms with E-state index in [9.17, 15) is 0 Å². The molecule has 4 aromatic rings. The fraction of sp³-hybridized carbons (Fsp3) is 0.300. The molecule has 0 aliphatic rings. The summed E-state index contributed by atoms with van der Waals surface area (Å²) in [5.74, 6) is 0. The highest BCUT2D eigenvalue weighted by molar-refractivity contribution is 5.74. The molecule has 4 heteroatoms. The third-order valence-electron chi connectivity index (χ3n) is 6.03. The van der Waals surface area contributed by atoms with Gasteiger partial charge >= 0.3 is 0 Å². The molecule has 0 N–H and O–H groups in total. The molecule has 0 aliphatic carbocycles. The molecule has 34 heavy (non-hydrogen) atoms. The molecular formula is C30H34N4. The minimum absolute atomic E-state index is 0.855. The summed E-state index contributed by atoms with van der Waals surface area (Å²) in [6.07, 6.45) is 8.60. The van der Waals surface area contributed by atoms with E-state index in [0.29, 0.717) is 0 Å². The van der Waals surface area contributed by atoms with Crippen molar-refractivity contribution in [1.29, 1.82) is 0 Å². The minimum Gasteiger partial charge on any atom is -0.299 e. The molecule has 0 aliphatic heterocycles. The third-order valence-corrected chi connectivity index (χ3v) is 6.03. The van der Waals surface area contributed by atoms with Crippen LogP contribution in [0.5, 0.6) is 0 Å². The van der Waals surface area contributed by atoms with E-state index in [0.717, 1.165) is 34.9 Å². The molecule has 0 bridgehead atoms. The van der Waals surface area contributed by atoms with E-state index in [-0.39, 0.29) is 0 Å². The molecule has 0 fully saturated rings. The Morgan fingerprint density at radius 2 is 1.18 bits per heavy atom. The van der Waals surface area contributed by atoms with E-state index in [4.69, 9.17) is 4.98 Å². The molecule has 3 heterocycles. The van der Waals surface area contributed by atoms with Gasteiger partial charge in [0.05, 0.1) is 22.8 Å². The first-order valence-electron chi connectivity index (χ1n) is 12.4. The first kappa shape index (κ1) is 23.8. The van der Waals surface area contributed by atoms with E-state index in [1.54, 1.807) is 0 Å². The highest BCUT2D eigenvalue weighted by atomic mass is 15.1. The second-order valence-corrected chi connectivity index (χ2v) is 8.74. The lowest BCUT2D eigenvalue weighted by Crippen LogP contribution is -2.25. The second-order valence-electron chi connectivity index (χ2n) is 8.74. The van der Waals surface area contributed by atoms with Crippen molar-refractivity contribution in [2.24, 2.45) is 0 Å². The van der Waals surface area contributed by atoms with Gasteiger partial charge in [0.2, 0.25) is 0 Å². The van der Waals surface area contributed by atoms with Crippen LogP contribution in [-0.4, -0.2) is 32.9 Å². The first-order valence-corrected chi connectivity index (χ1v) is 12.4. The van der Waals surface area contributed by atoms with Gasteiger partial charge in [-0.1, -0.05) is 63.1 Å². The molecule has 0 unspecified atom stereocenters. The van der Waals surface area contributed by atoms with Gasteiger partial charge in [-0.3, -0.25) is 14.9 Å². The number of hydrogen-bond donors (Lipinski definition) is 0. The molecule has 0 radical (unpaired) electrons. The van der Waals surface area contributed by atoms with Gasteiger partial charge in [-0.15, -0.1) is 0 Å². The van der Waals surface area contributed by atoms with Gasteiger partial charge in [0.15, 0.2) is 0 Å². The minimum atomic E-state index is 0.855. The number of pyridine rings is 3. The predicted molar refractivity (Wildman–Crippen MR) is 141 cm³/mol. The monoisotopic (exact) mass is 450 g/mol. The Balaban J connectivity index is 1.63. The van der Waals surface area contributed by atoms with E-state index in [2.05, 4.69) is 65.1 Å². The Labute approximate surface area is 203 Å². The van der Waals surface area contributed by atoms with Gasteiger partial charge in [-0.25, -0.2) is 4.98 Å². The van der Waals surface area contributed by atoms with E-state index in [1.165, 1.54) is 49.9 Å². The van der Waals surface area contributed by atoms with Crippen molar-refractivity contribution in [3.8, 4) is 33.9 Å². The SMILES string of the molecule is CCCCN(CCCC)Cc1ccc(-c2cc(-c3ccccn3)nc(-c3ccccn3)c2)cc1. The molecule has 4 nitrogen and oxygen atoms in total. The summed E-state index contributed by atoms with van der Waals surface area (Å²) in [6.45, 7) is 7.88. The van der Waals surface area contributed by atoms with Crippen LogP contribution in [-0.2, 0) is 6.54 Å². The van der Waals surface area contributed by atoms with Gasteiger partial charge in [0.1, 0.15) is 0 Å². The Kier molecular flexibility index (Phi) is 8.53. The summed E-state index contributed by atoms with van der Waals surface area (Å²) in [5, 5.41) is 0. The molecule has 174 valence electrons. The zero-order chi connectivity index (χ0) is 23.6. The quantitative estimate of drug-likeness (QED) is 0.241. The standard InChI is InChI=1S/C30H34N4/c1-3-5-19-34(20-6-4-2)23-24-13-15-25(16-14-24)26-21-29(27-11-7-9-17-31-27)33-30(22-26)28-12-8-10-18-32-28/h7-18,21-22H,3-6,19-20,23H2,1-2H3. The molecule has 0 amide bonds. The van der Waals surface area contributed by atoms with Crippen molar-refractivity contribution in [2.45, 2.75) is 46.1 Å². The normalized spacial score (nSPS) is 11.1.